The fourth-order valence-corrected chi connectivity index (χ4v) is 6.50. The van der Waals surface area contributed by atoms with Crippen LogP contribution in [0.15, 0.2) is 180 Å². The van der Waals surface area contributed by atoms with Crippen LogP contribution in [0.3, 0.4) is 0 Å². The normalized spacial score (nSPS) is 11.3. The molecule has 0 bridgehead atoms. The Hall–Kier alpha value is -6.65. The van der Waals surface area contributed by atoms with E-state index in [0.717, 1.165) is 49.8 Å². The van der Waals surface area contributed by atoms with Gasteiger partial charge >= 0.3 is 0 Å². The molecule has 4 nitrogen and oxygen atoms in total. The highest BCUT2D eigenvalue weighted by Crippen LogP contribution is 2.40. The Morgan fingerprint density at radius 2 is 0.694 bits per heavy atom. The van der Waals surface area contributed by atoms with Gasteiger partial charge in [0.25, 0.3) is 0 Å². The minimum absolute atomic E-state index is 0.570. The van der Waals surface area contributed by atoms with E-state index in [2.05, 4.69) is 97.1 Å². The zero-order valence-electron chi connectivity index (χ0n) is 26.5. The molecular formula is C45H29N3O. The van der Waals surface area contributed by atoms with Gasteiger partial charge in [-0.25, -0.2) is 15.0 Å². The van der Waals surface area contributed by atoms with E-state index in [0.29, 0.717) is 17.5 Å². The lowest BCUT2D eigenvalue weighted by Gasteiger charge is -2.08. The molecule has 0 saturated heterocycles. The molecular weight excluding hydrogens is 599 g/mol. The predicted molar refractivity (Wildman–Crippen MR) is 200 cm³/mol. The van der Waals surface area contributed by atoms with Crippen LogP contribution in [0.1, 0.15) is 0 Å². The lowest BCUT2D eigenvalue weighted by atomic mass is 9.96. The van der Waals surface area contributed by atoms with Gasteiger partial charge in [-0.2, -0.15) is 0 Å². The van der Waals surface area contributed by atoms with E-state index in [4.69, 9.17) is 19.4 Å². The molecule has 230 valence electrons. The molecule has 0 amide bonds. The van der Waals surface area contributed by atoms with E-state index in [1.165, 1.54) is 22.3 Å². The maximum atomic E-state index is 6.79. The largest absolute Gasteiger partial charge is 0.455 e. The van der Waals surface area contributed by atoms with E-state index in [-0.39, 0.29) is 0 Å². The molecule has 0 aliphatic heterocycles. The topological polar surface area (TPSA) is 51.8 Å². The average molecular weight is 628 g/mol. The smallest absolute Gasteiger partial charge is 0.167 e. The standard InChI is InChI=1S/C45H29N3O/c1-4-13-30(14-5-1)35-19-10-20-36(29-35)31-25-27-32(28-26-31)37-21-11-22-38-39-23-12-24-40(42(39)49-41(37)38)45-47-43(33-15-6-2-7-16-33)46-44(48-45)34-17-8-3-9-18-34/h1-29H. The van der Waals surface area contributed by atoms with Gasteiger partial charge in [-0.15, -0.1) is 0 Å². The van der Waals surface area contributed by atoms with Gasteiger partial charge in [0.05, 0.1) is 5.56 Å². The zero-order valence-corrected chi connectivity index (χ0v) is 26.5. The van der Waals surface area contributed by atoms with Crippen LogP contribution in [-0.2, 0) is 0 Å². The second-order valence-electron chi connectivity index (χ2n) is 12.0. The van der Waals surface area contributed by atoms with Crippen LogP contribution in [-0.4, -0.2) is 15.0 Å². The zero-order chi connectivity index (χ0) is 32.6. The number of hydrogen-bond donors (Lipinski definition) is 0. The highest BCUT2D eigenvalue weighted by molar-refractivity contribution is 6.12. The summed E-state index contributed by atoms with van der Waals surface area (Å²) in [6.07, 6.45) is 0. The molecule has 0 aliphatic carbocycles. The van der Waals surface area contributed by atoms with Crippen molar-refractivity contribution in [1.82, 2.24) is 15.0 Å². The van der Waals surface area contributed by atoms with Crippen LogP contribution >= 0.6 is 0 Å². The fraction of sp³-hybridized carbons (Fsp3) is 0. The van der Waals surface area contributed by atoms with Gasteiger partial charge in [0.15, 0.2) is 17.5 Å². The highest BCUT2D eigenvalue weighted by atomic mass is 16.3. The molecule has 0 atom stereocenters. The Kier molecular flexibility index (Phi) is 7.10. The summed E-state index contributed by atoms with van der Waals surface area (Å²) in [7, 11) is 0. The van der Waals surface area contributed by atoms with Crippen LogP contribution in [0.25, 0.3) is 89.5 Å². The Bertz CT molecular complexity index is 2520. The molecule has 0 N–H and O–H groups in total. The van der Waals surface area contributed by atoms with Crippen molar-refractivity contribution in [3.63, 3.8) is 0 Å². The van der Waals surface area contributed by atoms with Crippen LogP contribution in [0.4, 0.5) is 0 Å². The molecule has 2 aromatic heterocycles. The summed E-state index contributed by atoms with van der Waals surface area (Å²) in [5.41, 5.74) is 11.2. The summed E-state index contributed by atoms with van der Waals surface area (Å²) >= 11 is 0. The van der Waals surface area contributed by atoms with E-state index in [9.17, 15) is 0 Å². The number of furan rings is 1. The van der Waals surface area contributed by atoms with Crippen molar-refractivity contribution in [3.8, 4) is 67.5 Å². The number of aromatic nitrogens is 3. The number of rotatable bonds is 6. The van der Waals surface area contributed by atoms with E-state index in [1.54, 1.807) is 0 Å². The fourth-order valence-electron chi connectivity index (χ4n) is 6.50. The molecule has 9 rings (SSSR count). The minimum Gasteiger partial charge on any atom is -0.455 e. The second kappa shape index (κ2) is 12.2. The maximum absolute atomic E-state index is 6.79. The monoisotopic (exact) mass is 627 g/mol. The summed E-state index contributed by atoms with van der Waals surface area (Å²) in [4.78, 5) is 14.8. The Morgan fingerprint density at radius 1 is 0.286 bits per heavy atom. The van der Waals surface area contributed by atoms with Gasteiger partial charge in [0, 0.05) is 27.5 Å². The molecule has 9 aromatic rings. The molecule has 0 spiro atoms. The van der Waals surface area contributed by atoms with Crippen molar-refractivity contribution in [1.29, 1.82) is 0 Å². The first-order chi connectivity index (χ1) is 24.3. The SMILES string of the molecule is c1ccc(-c2cccc(-c3ccc(-c4cccc5c4oc4c(-c6nc(-c7ccccc7)nc(-c7ccccc7)n6)cccc45)cc3)c2)cc1. The van der Waals surface area contributed by atoms with Crippen molar-refractivity contribution >= 4 is 21.9 Å². The van der Waals surface area contributed by atoms with E-state index < -0.39 is 0 Å². The summed E-state index contributed by atoms with van der Waals surface area (Å²) in [5, 5.41) is 2.07. The minimum atomic E-state index is 0.570. The Morgan fingerprint density at radius 3 is 1.27 bits per heavy atom. The molecule has 7 aromatic carbocycles. The van der Waals surface area contributed by atoms with Gasteiger partial charge in [0.2, 0.25) is 0 Å². The third-order valence-corrected chi connectivity index (χ3v) is 8.96. The lowest BCUT2D eigenvalue weighted by molar-refractivity contribution is 0.670. The number of fused-ring (bicyclic) bond motifs is 3. The molecule has 4 heteroatoms. The van der Waals surface area contributed by atoms with E-state index in [1.807, 2.05) is 78.9 Å². The molecule has 0 radical (unpaired) electrons. The first-order valence-electron chi connectivity index (χ1n) is 16.4. The summed E-state index contributed by atoms with van der Waals surface area (Å²) in [6, 6.07) is 60.5. The van der Waals surface area contributed by atoms with Gasteiger partial charge in [-0.05, 0) is 39.9 Å². The lowest BCUT2D eigenvalue weighted by Crippen LogP contribution is -2.00. The number of benzene rings is 7. The van der Waals surface area contributed by atoms with Crippen molar-refractivity contribution < 1.29 is 4.42 Å². The summed E-state index contributed by atoms with van der Waals surface area (Å²) < 4.78 is 6.79. The van der Waals surface area contributed by atoms with Gasteiger partial charge < -0.3 is 4.42 Å². The van der Waals surface area contributed by atoms with Crippen molar-refractivity contribution in [2.45, 2.75) is 0 Å². The van der Waals surface area contributed by atoms with Crippen LogP contribution < -0.4 is 0 Å². The van der Waals surface area contributed by atoms with Crippen LogP contribution in [0.2, 0.25) is 0 Å². The molecule has 0 saturated carbocycles. The van der Waals surface area contributed by atoms with Gasteiger partial charge in [0.1, 0.15) is 11.2 Å². The molecule has 0 fully saturated rings. The second-order valence-corrected chi connectivity index (χ2v) is 12.0. The third-order valence-electron chi connectivity index (χ3n) is 8.96. The maximum Gasteiger partial charge on any atom is 0.167 e. The van der Waals surface area contributed by atoms with E-state index >= 15 is 0 Å². The summed E-state index contributed by atoms with van der Waals surface area (Å²) in [6.45, 7) is 0. The average Bonchev–Trinajstić information content (AvgIpc) is 3.58. The van der Waals surface area contributed by atoms with Gasteiger partial charge in [-0.3, -0.25) is 0 Å². The predicted octanol–water partition coefficient (Wildman–Crippen LogP) is 11.8. The van der Waals surface area contributed by atoms with Gasteiger partial charge in [-0.1, -0.05) is 164 Å². The number of hydrogen-bond acceptors (Lipinski definition) is 4. The quantitative estimate of drug-likeness (QED) is 0.184. The Balaban J connectivity index is 1.14. The molecule has 0 aliphatic rings. The molecule has 49 heavy (non-hydrogen) atoms. The van der Waals surface area contributed by atoms with Crippen molar-refractivity contribution in [2.75, 3.05) is 0 Å². The Labute approximate surface area is 284 Å². The van der Waals surface area contributed by atoms with Crippen LogP contribution in [0, 0.1) is 0 Å². The van der Waals surface area contributed by atoms with Crippen molar-refractivity contribution in [2.24, 2.45) is 0 Å². The third kappa shape index (κ3) is 5.35. The molecule has 2 heterocycles. The number of para-hydroxylation sites is 2. The summed E-state index contributed by atoms with van der Waals surface area (Å²) in [5.74, 6) is 1.81. The highest BCUT2D eigenvalue weighted by Gasteiger charge is 2.19. The van der Waals surface area contributed by atoms with Crippen molar-refractivity contribution in [3.05, 3.63) is 176 Å². The van der Waals surface area contributed by atoms with Crippen LogP contribution in [0.5, 0.6) is 0 Å². The number of nitrogens with zero attached hydrogens (tertiary/aromatic N) is 3. The first-order valence-corrected chi connectivity index (χ1v) is 16.4. The first kappa shape index (κ1) is 28.6. The molecule has 0 unspecified atom stereocenters.